The van der Waals surface area contributed by atoms with Crippen LogP contribution in [0.5, 0.6) is 0 Å². The van der Waals surface area contributed by atoms with Crippen molar-refractivity contribution in [3.63, 3.8) is 0 Å². The van der Waals surface area contributed by atoms with Crippen LogP contribution < -0.4 is 0 Å². The summed E-state index contributed by atoms with van der Waals surface area (Å²) in [4.78, 5) is -0.0192. The average Bonchev–Trinajstić information content (AvgIpc) is 2.73. The van der Waals surface area contributed by atoms with Gasteiger partial charge in [0, 0.05) is 0 Å². The second-order valence-electron chi connectivity index (χ2n) is 8.58. The predicted molar refractivity (Wildman–Crippen MR) is 127 cm³/mol. The highest BCUT2D eigenvalue weighted by molar-refractivity contribution is 7.85. The fourth-order valence-electron chi connectivity index (χ4n) is 4.61. The summed E-state index contributed by atoms with van der Waals surface area (Å²) in [5.41, 5.74) is 8.82. The van der Waals surface area contributed by atoms with E-state index in [-0.39, 0.29) is 4.90 Å². The highest BCUT2D eigenvalue weighted by Crippen LogP contribution is 2.25. The van der Waals surface area contributed by atoms with Crippen molar-refractivity contribution in [1.82, 2.24) is 0 Å². The molecule has 0 aliphatic heterocycles. The van der Waals surface area contributed by atoms with Gasteiger partial charge < -0.3 is 0 Å². The monoisotopic (exact) mass is 440 g/mol. The minimum absolute atomic E-state index is 0.0192. The zero-order valence-corrected chi connectivity index (χ0v) is 18.5. The van der Waals surface area contributed by atoms with Crippen molar-refractivity contribution in [2.24, 2.45) is 0 Å². The third-order valence-corrected chi connectivity index (χ3v) is 6.95. The van der Waals surface area contributed by atoms with Gasteiger partial charge in [-0.1, -0.05) is 84.9 Å². The van der Waals surface area contributed by atoms with Gasteiger partial charge in [0.1, 0.15) is 0 Å². The first-order valence-electron chi connectivity index (χ1n) is 10.8. The van der Waals surface area contributed by atoms with Crippen molar-refractivity contribution >= 4 is 10.1 Å². The SMILES string of the molecule is O=S(=O)(O)c1ccc2cc1Cc1cccc(c1)Cc1cccc(c1)Cc1cccc(c1)C2. The summed E-state index contributed by atoms with van der Waals surface area (Å²) < 4.78 is 33.8. The Hall–Kier alpha value is -3.21. The van der Waals surface area contributed by atoms with Crippen LogP contribution in [-0.4, -0.2) is 13.0 Å². The van der Waals surface area contributed by atoms with E-state index in [1.807, 2.05) is 18.2 Å². The highest BCUT2D eigenvalue weighted by Gasteiger charge is 2.17. The first kappa shape index (κ1) is 20.7. The van der Waals surface area contributed by atoms with E-state index in [2.05, 4.69) is 60.7 Å². The molecule has 3 nitrogen and oxygen atoms in total. The molecule has 0 radical (unpaired) electrons. The third kappa shape index (κ3) is 4.67. The minimum atomic E-state index is -4.30. The molecule has 1 N–H and O–H groups in total. The summed E-state index contributed by atoms with van der Waals surface area (Å²) >= 11 is 0. The van der Waals surface area contributed by atoms with Crippen LogP contribution in [0.25, 0.3) is 0 Å². The van der Waals surface area contributed by atoms with Gasteiger partial charge >= 0.3 is 0 Å². The number of fused-ring (bicyclic) bond motifs is 8. The number of benzene rings is 4. The Morgan fingerprint density at radius 2 is 0.875 bits per heavy atom. The Morgan fingerprint density at radius 1 is 0.500 bits per heavy atom. The van der Waals surface area contributed by atoms with Crippen LogP contribution >= 0.6 is 0 Å². The molecule has 0 fully saturated rings. The Morgan fingerprint density at radius 3 is 1.28 bits per heavy atom. The molecule has 4 aromatic carbocycles. The van der Waals surface area contributed by atoms with Crippen molar-refractivity contribution in [2.75, 3.05) is 0 Å². The average molecular weight is 441 g/mol. The summed E-state index contributed by atoms with van der Waals surface area (Å²) in [6, 6.07) is 30.7. The fraction of sp³-hybridized carbons (Fsp3) is 0.143. The second kappa shape index (κ2) is 8.38. The van der Waals surface area contributed by atoms with E-state index in [4.69, 9.17) is 0 Å². The summed E-state index contributed by atoms with van der Waals surface area (Å²) in [6.45, 7) is 0. The van der Waals surface area contributed by atoms with Gasteiger partial charge in [-0.3, -0.25) is 4.55 Å². The molecule has 32 heavy (non-hydrogen) atoms. The molecular formula is C28H24O3S. The molecule has 0 heterocycles. The molecule has 0 amide bonds. The van der Waals surface area contributed by atoms with E-state index in [0.717, 1.165) is 24.0 Å². The first-order chi connectivity index (χ1) is 15.4. The lowest BCUT2D eigenvalue weighted by Gasteiger charge is -2.13. The van der Waals surface area contributed by atoms with Gasteiger partial charge in [0.05, 0.1) is 4.90 Å². The third-order valence-electron chi connectivity index (χ3n) is 6.00. The van der Waals surface area contributed by atoms with Crippen LogP contribution in [0.2, 0.25) is 0 Å². The Balaban J connectivity index is 1.65. The Kier molecular flexibility index (Phi) is 5.41. The van der Waals surface area contributed by atoms with Gasteiger partial charge in [0.2, 0.25) is 0 Å². The molecule has 4 aromatic rings. The van der Waals surface area contributed by atoms with Gasteiger partial charge in [0.25, 0.3) is 10.1 Å². The molecule has 0 spiro atoms. The van der Waals surface area contributed by atoms with Gasteiger partial charge in [0.15, 0.2) is 0 Å². The van der Waals surface area contributed by atoms with Gasteiger partial charge in [-0.15, -0.1) is 0 Å². The van der Waals surface area contributed by atoms with Crippen LogP contribution in [0.4, 0.5) is 0 Å². The maximum Gasteiger partial charge on any atom is 0.294 e. The molecule has 0 saturated carbocycles. The Labute approximate surface area is 189 Å². The molecule has 8 bridgehead atoms. The van der Waals surface area contributed by atoms with E-state index in [9.17, 15) is 13.0 Å². The molecule has 0 atom stereocenters. The zero-order valence-electron chi connectivity index (χ0n) is 17.7. The van der Waals surface area contributed by atoms with Crippen LogP contribution in [0.3, 0.4) is 0 Å². The lowest BCUT2D eigenvalue weighted by atomic mass is 9.94. The molecule has 0 saturated heterocycles. The first-order valence-corrected chi connectivity index (χ1v) is 12.2. The zero-order chi connectivity index (χ0) is 22.1. The van der Waals surface area contributed by atoms with Gasteiger partial charge in [-0.05, 0) is 76.3 Å². The molecule has 4 heteroatoms. The van der Waals surface area contributed by atoms with Crippen LogP contribution in [0.1, 0.15) is 44.5 Å². The topological polar surface area (TPSA) is 54.4 Å². The Bertz CT molecular complexity index is 1400. The molecule has 1 aliphatic carbocycles. The maximum absolute atomic E-state index is 12.0. The number of hydrogen-bond donors (Lipinski definition) is 1. The lowest BCUT2D eigenvalue weighted by molar-refractivity contribution is 0.482. The number of rotatable bonds is 1. The summed E-state index contributed by atoms with van der Waals surface area (Å²) in [5.74, 6) is 0. The lowest BCUT2D eigenvalue weighted by Crippen LogP contribution is -2.05. The van der Waals surface area contributed by atoms with Crippen molar-refractivity contribution < 1.29 is 13.0 Å². The quantitative estimate of drug-likeness (QED) is 0.345. The molecule has 1 aliphatic rings. The van der Waals surface area contributed by atoms with Crippen LogP contribution in [0.15, 0.2) is 95.9 Å². The van der Waals surface area contributed by atoms with E-state index in [1.54, 1.807) is 6.07 Å². The fourth-order valence-corrected chi connectivity index (χ4v) is 5.31. The minimum Gasteiger partial charge on any atom is -0.282 e. The molecular weight excluding hydrogens is 416 g/mol. The summed E-state index contributed by atoms with van der Waals surface area (Å²) in [6.07, 6.45) is 2.82. The standard InChI is InChI=1S/C28H24O3S/c29-32(30,31)28-11-10-26-17-24-7-2-6-22(15-24)13-20-4-1-5-21(12-20)14-23-8-3-9-25(16-23)18-27(28)19-26/h1-12,15-16,19H,13-14,17-18H2,(H,29,30,31). The largest absolute Gasteiger partial charge is 0.294 e. The summed E-state index contributed by atoms with van der Waals surface area (Å²) in [5, 5.41) is 0. The maximum atomic E-state index is 12.0. The number of hydrogen-bond acceptors (Lipinski definition) is 2. The van der Waals surface area contributed by atoms with E-state index >= 15 is 0 Å². The van der Waals surface area contributed by atoms with Gasteiger partial charge in [-0.2, -0.15) is 8.42 Å². The van der Waals surface area contributed by atoms with Crippen LogP contribution in [-0.2, 0) is 35.8 Å². The normalized spacial score (nSPS) is 13.5. The van der Waals surface area contributed by atoms with Crippen molar-refractivity contribution in [2.45, 2.75) is 30.6 Å². The van der Waals surface area contributed by atoms with Crippen molar-refractivity contribution in [3.8, 4) is 0 Å². The van der Waals surface area contributed by atoms with E-state index in [0.29, 0.717) is 18.4 Å². The smallest absolute Gasteiger partial charge is 0.282 e. The van der Waals surface area contributed by atoms with E-state index in [1.165, 1.54) is 33.9 Å². The van der Waals surface area contributed by atoms with Crippen molar-refractivity contribution in [1.29, 1.82) is 0 Å². The molecule has 5 rings (SSSR count). The van der Waals surface area contributed by atoms with Gasteiger partial charge in [-0.25, -0.2) is 0 Å². The molecule has 0 aromatic heterocycles. The van der Waals surface area contributed by atoms with Crippen LogP contribution in [0, 0.1) is 0 Å². The molecule has 0 unspecified atom stereocenters. The van der Waals surface area contributed by atoms with E-state index < -0.39 is 10.1 Å². The molecule has 160 valence electrons. The predicted octanol–water partition coefficient (Wildman–Crippen LogP) is 5.61. The summed E-state index contributed by atoms with van der Waals surface area (Å²) in [7, 11) is -4.30. The highest BCUT2D eigenvalue weighted by atomic mass is 32.2. The second-order valence-corrected chi connectivity index (χ2v) is 9.97. The van der Waals surface area contributed by atoms with Crippen molar-refractivity contribution in [3.05, 3.63) is 136 Å².